The average Bonchev–Trinajstić information content (AvgIpc) is 2.44. The Kier molecular flexibility index (Phi) is 7.60. The van der Waals surface area contributed by atoms with E-state index in [-0.39, 0.29) is 20.9 Å². The molecule has 0 saturated carbocycles. The quantitative estimate of drug-likeness (QED) is 0.447. The Balaban J connectivity index is 2.64. The summed E-state index contributed by atoms with van der Waals surface area (Å²) in [4.78, 5) is 11.4. The topological polar surface area (TPSA) is 46.5 Å². The van der Waals surface area contributed by atoms with Gasteiger partial charge in [-0.2, -0.15) is 0 Å². The predicted octanol–water partition coefficient (Wildman–Crippen LogP) is 2.08. The van der Waals surface area contributed by atoms with E-state index >= 15 is 0 Å². The molecule has 0 aromatic heterocycles. The molecule has 110 valence electrons. The van der Waals surface area contributed by atoms with Crippen molar-refractivity contribution in [2.24, 2.45) is 0 Å². The summed E-state index contributed by atoms with van der Waals surface area (Å²) >= 11 is -0.128. The van der Waals surface area contributed by atoms with E-state index in [0.29, 0.717) is 6.42 Å². The van der Waals surface area contributed by atoms with Gasteiger partial charge in [0.15, 0.2) is 0 Å². The molecule has 0 unspecified atom stereocenters. The molecule has 0 fully saturated rings. The van der Waals surface area contributed by atoms with Crippen molar-refractivity contribution in [2.45, 2.75) is 37.1 Å². The number of methoxy groups -OCH3 is 1. The first-order valence-electron chi connectivity index (χ1n) is 6.66. The molecule has 1 rings (SSSR count). The molecule has 0 amide bonds. The summed E-state index contributed by atoms with van der Waals surface area (Å²) in [6.07, 6.45) is 1.67. The van der Waals surface area contributed by atoms with E-state index in [1.54, 1.807) is 0 Å². The van der Waals surface area contributed by atoms with E-state index in [1.807, 2.05) is 37.3 Å². The first kappa shape index (κ1) is 17.0. The molecule has 4 heteroatoms. The number of carbonyl (C=O) groups is 1. The molecule has 1 aromatic carbocycles. The van der Waals surface area contributed by atoms with E-state index < -0.39 is 10.9 Å². The van der Waals surface area contributed by atoms with Gasteiger partial charge in [-0.25, -0.2) is 0 Å². The zero-order valence-corrected chi connectivity index (χ0v) is 13.8. The van der Waals surface area contributed by atoms with Crippen LogP contribution in [0.3, 0.4) is 0 Å². The molecule has 20 heavy (non-hydrogen) atoms. The predicted molar refractivity (Wildman–Crippen MR) is 82.3 cm³/mol. The molecule has 1 N–H and O–H groups in total. The van der Waals surface area contributed by atoms with Crippen molar-refractivity contribution >= 4 is 25.4 Å². The molecule has 0 aliphatic carbocycles. The molecule has 0 radical (unpaired) electrons. The van der Waals surface area contributed by atoms with E-state index in [4.69, 9.17) is 4.74 Å². The van der Waals surface area contributed by atoms with Crippen LogP contribution in [-0.4, -0.2) is 39.2 Å². The van der Waals surface area contributed by atoms with Gasteiger partial charge in [0.25, 0.3) is 0 Å². The maximum atomic E-state index is 11.9. The number of hydrogen-bond acceptors (Lipinski definition) is 3. The van der Waals surface area contributed by atoms with E-state index in [0.717, 1.165) is 22.9 Å². The van der Waals surface area contributed by atoms with Gasteiger partial charge in [-0.1, -0.05) is 0 Å². The normalized spacial score (nSPS) is 13.6. The molecule has 1 aromatic rings. The van der Waals surface area contributed by atoms with Gasteiger partial charge in [-0.3, -0.25) is 0 Å². The summed E-state index contributed by atoms with van der Waals surface area (Å²) in [6.45, 7) is 5.82. The monoisotopic (exact) mass is 342 g/mol. The van der Waals surface area contributed by atoms with Crippen molar-refractivity contribution in [1.82, 2.24) is 0 Å². The standard InChI is InChI=1S/C16H22O3Se/c1-12(2)8-7-11-14(17)15(16(18)19-3)20-13-9-5-4-6-10-13/h4-6,9-10,14-15,17H,1,7-8,11H2,2-3H3/t14-,15+/m0/s1. The minimum atomic E-state index is -0.651. The molecule has 3 nitrogen and oxygen atoms in total. The number of aliphatic hydroxyl groups is 1. The summed E-state index contributed by atoms with van der Waals surface area (Å²) in [7, 11) is 1.37. The SMILES string of the molecule is C=C(C)CCC[C@H](O)[C@@H]([Se]c1ccccc1)C(=O)OC. The van der Waals surface area contributed by atoms with E-state index in [2.05, 4.69) is 6.58 Å². The zero-order chi connectivity index (χ0) is 15.0. The zero-order valence-electron chi connectivity index (χ0n) is 12.0. The van der Waals surface area contributed by atoms with Crippen LogP contribution in [0, 0.1) is 0 Å². The van der Waals surface area contributed by atoms with Crippen LogP contribution < -0.4 is 4.46 Å². The third-order valence-electron chi connectivity index (χ3n) is 2.89. The van der Waals surface area contributed by atoms with Gasteiger partial charge >= 0.3 is 127 Å². The Bertz CT molecular complexity index is 431. The van der Waals surface area contributed by atoms with Gasteiger partial charge in [0.2, 0.25) is 0 Å². The Morgan fingerprint density at radius 1 is 1.40 bits per heavy atom. The van der Waals surface area contributed by atoms with Crippen LogP contribution >= 0.6 is 0 Å². The van der Waals surface area contributed by atoms with Crippen molar-refractivity contribution in [1.29, 1.82) is 0 Å². The molecule has 0 heterocycles. The molecule has 0 saturated heterocycles. The Hall–Kier alpha value is -1.09. The second-order valence-electron chi connectivity index (χ2n) is 4.79. The Morgan fingerprint density at radius 2 is 2.05 bits per heavy atom. The Labute approximate surface area is 127 Å². The maximum absolute atomic E-state index is 11.9. The van der Waals surface area contributed by atoms with Crippen LogP contribution in [0.25, 0.3) is 0 Å². The summed E-state index contributed by atoms with van der Waals surface area (Å²) in [5.41, 5.74) is 1.10. The molecule has 0 bridgehead atoms. The van der Waals surface area contributed by atoms with Gasteiger partial charge in [-0.15, -0.1) is 0 Å². The van der Waals surface area contributed by atoms with Crippen LogP contribution in [0.2, 0.25) is 4.82 Å². The van der Waals surface area contributed by atoms with Gasteiger partial charge in [0, 0.05) is 0 Å². The number of rotatable bonds is 8. The second kappa shape index (κ2) is 8.96. The summed E-state index contributed by atoms with van der Waals surface area (Å²) < 4.78 is 5.92. The van der Waals surface area contributed by atoms with Crippen molar-refractivity contribution in [3.63, 3.8) is 0 Å². The van der Waals surface area contributed by atoms with Crippen LogP contribution in [0.5, 0.6) is 0 Å². The van der Waals surface area contributed by atoms with Gasteiger partial charge in [0.1, 0.15) is 0 Å². The molecular formula is C16H22O3Se. The second-order valence-corrected chi connectivity index (χ2v) is 7.34. The number of carbonyl (C=O) groups excluding carboxylic acids is 1. The fraction of sp³-hybridized carbons (Fsp3) is 0.438. The fourth-order valence-electron chi connectivity index (χ4n) is 1.81. The molecule has 0 spiro atoms. The average molecular weight is 341 g/mol. The number of aliphatic hydroxyl groups excluding tert-OH is 1. The van der Waals surface area contributed by atoms with E-state index in [1.165, 1.54) is 7.11 Å². The summed E-state index contributed by atoms with van der Waals surface area (Å²) in [6, 6.07) is 9.79. The minimum absolute atomic E-state index is 0.128. The van der Waals surface area contributed by atoms with Crippen molar-refractivity contribution in [3.05, 3.63) is 42.5 Å². The molecule has 2 atom stereocenters. The third-order valence-corrected chi connectivity index (χ3v) is 5.63. The number of esters is 1. The third kappa shape index (κ3) is 5.91. The molecular weight excluding hydrogens is 319 g/mol. The van der Waals surface area contributed by atoms with Crippen molar-refractivity contribution in [2.75, 3.05) is 7.11 Å². The Morgan fingerprint density at radius 3 is 2.60 bits per heavy atom. The fourth-order valence-corrected chi connectivity index (χ4v) is 4.10. The van der Waals surface area contributed by atoms with E-state index in [9.17, 15) is 9.90 Å². The van der Waals surface area contributed by atoms with Crippen LogP contribution in [0.15, 0.2) is 42.5 Å². The summed E-state index contributed by atoms with van der Waals surface area (Å²) in [5, 5.41) is 10.3. The van der Waals surface area contributed by atoms with Crippen LogP contribution in [-0.2, 0) is 9.53 Å². The van der Waals surface area contributed by atoms with Crippen molar-refractivity contribution < 1.29 is 14.6 Å². The van der Waals surface area contributed by atoms with Crippen LogP contribution in [0.4, 0.5) is 0 Å². The number of allylic oxidation sites excluding steroid dienone is 1. The van der Waals surface area contributed by atoms with Gasteiger partial charge in [-0.05, 0) is 0 Å². The first-order valence-corrected chi connectivity index (χ1v) is 8.51. The number of hydrogen-bond donors (Lipinski definition) is 1. The van der Waals surface area contributed by atoms with Crippen molar-refractivity contribution in [3.8, 4) is 0 Å². The van der Waals surface area contributed by atoms with Crippen LogP contribution in [0.1, 0.15) is 26.2 Å². The number of ether oxygens (including phenoxy) is 1. The molecule has 0 aliphatic rings. The van der Waals surface area contributed by atoms with Gasteiger partial charge in [0.05, 0.1) is 0 Å². The number of benzene rings is 1. The van der Waals surface area contributed by atoms with Gasteiger partial charge < -0.3 is 0 Å². The summed E-state index contributed by atoms with van der Waals surface area (Å²) in [5.74, 6) is -0.323. The first-order chi connectivity index (χ1) is 9.54. The molecule has 0 aliphatic heterocycles.